The van der Waals surface area contributed by atoms with Gasteiger partial charge in [-0.15, -0.1) is 0 Å². The van der Waals surface area contributed by atoms with Gasteiger partial charge in [0.1, 0.15) is 5.75 Å². The number of para-hydroxylation sites is 1. The van der Waals surface area contributed by atoms with Crippen molar-refractivity contribution in [1.29, 1.82) is 0 Å². The highest BCUT2D eigenvalue weighted by Crippen LogP contribution is 2.22. The lowest BCUT2D eigenvalue weighted by Crippen LogP contribution is -2.48. The SMILES string of the molecule is CCNC(C)(CO)CC(C)Oc1ccccc1CO. The zero-order valence-electron chi connectivity index (χ0n) is 12.0. The molecule has 4 heteroatoms. The molecule has 3 N–H and O–H groups in total. The molecule has 1 aromatic carbocycles. The van der Waals surface area contributed by atoms with E-state index in [1.807, 2.05) is 45.0 Å². The molecule has 2 atom stereocenters. The molecule has 0 radical (unpaired) electrons. The lowest BCUT2D eigenvalue weighted by atomic mass is 9.95. The van der Waals surface area contributed by atoms with Gasteiger partial charge in [-0.1, -0.05) is 25.1 Å². The van der Waals surface area contributed by atoms with Gasteiger partial charge in [-0.25, -0.2) is 0 Å². The first-order valence-electron chi connectivity index (χ1n) is 6.76. The molecule has 108 valence electrons. The normalized spacial score (nSPS) is 15.8. The van der Waals surface area contributed by atoms with Crippen LogP contribution in [-0.4, -0.2) is 35.0 Å². The van der Waals surface area contributed by atoms with E-state index >= 15 is 0 Å². The molecule has 4 nitrogen and oxygen atoms in total. The molecular weight excluding hydrogens is 242 g/mol. The van der Waals surface area contributed by atoms with Gasteiger partial charge in [0.25, 0.3) is 0 Å². The second-order valence-electron chi connectivity index (χ2n) is 5.15. The van der Waals surface area contributed by atoms with Crippen molar-refractivity contribution in [3.8, 4) is 5.75 Å². The monoisotopic (exact) mass is 267 g/mol. The first-order valence-corrected chi connectivity index (χ1v) is 6.76. The van der Waals surface area contributed by atoms with Crippen molar-refractivity contribution in [3.05, 3.63) is 29.8 Å². The van der Waals surface area contributed by atoms with Crippen LogP contribution in [0.25, 0.3) is 0 Å². The predicted octanol–water partition coefficient (Wildman–Crippen LogP) is 1.70. The Hall–Kier alpha value is -1.10. The summed E-state index contributed by atoms with van der Waals surface area (Å²) in [6, 6.07) is 7.46. The molecule has 0 saturated carbocycles. The van der Waals surface area contributed by atoms with Gasteiger partial charge in [0.05, 0.1) is 19.3 Å². The van der Waals surface area contributed by atoms with Crippen molar-refractivity contribution in [2.75, 3.05) is 13.2 Å². The van der Waals surface area contributed by atoms with Crippen molar-refractivity contribution < 1.29 is 14.9 Å². The van der Waals surface area contributed by atoms with E-state index in [2.05, 4.69) is 5.32 Å². The van der Waals surface area contributed by atoms with Crippen LogP contribution in [0, 0.1) is 0 Å². The zero-order valence-corrected chi connectivity index (χ0v) is 12.0. The molecule has 0 bridgehead atoms. The van der Waals surface area contributed by atoms with E-state index < -0.39 is 0 Å². The van der Waals surface area contributed by atoms with Crippen molar-refractivity contribution >= 4 is 0 Å². The maximum atomic E-state index is 9.47. The summed E-state index contributed by atoms with van der Waals surface area (Å²) >= 11 is 0. The maximum absolute atomic E-state index is 9.47. The third-order valence-corrected chi connectivity index (χ3v) is 3.16. The fourth-order valence-corrected chi connectivity index (χ4v) is 2.26. The number of nitrogens with one attached hydrogen (secondary N) is 1. The number of rotatable bonds is 8. The summed E-state index contributed by atoms with van der Waals surface area (Å²) in [7, 11) is 0. The number of likely N-dealkylation sites (N-methyl/N-ethyl adjacent to an activating group) is 1. The standard InChI is InChI=1S/C15H25NO3/c1-4-16-15(3,11-18)9-12(2)19-14-8-6-5-7-13(14)10-17/h5-8,12,16-18H,4,9-11H2,1-3H3. The van der Waals surface area contributed by atoms with Crippen LogP contribution in [0.4, 0.5) is 0 Å². The average molecular weight is 267 g/mol. The minimum absolute atomic E-state index is 0.0344. The van der Waals surface area contributed by atoms with Gasteiger partial charge in [0.2, 0.25) is 0 Å². The Morgan fingerprint density at radius 2 is 2.00 bits per heavy atom. The van der Waals surface area contributed by atoms with Crippen molar-refractivity contribution in [1.82, 2.24) is 5.32 Å². The average Bonchev–Trinajstić information content (AvgIpc) is 2.39. The number of aliphatic hydroxyl groups excluding tert-OH is 2. The van der Waals surface area contributed by atoms with Gasteiger partial charge in [0, 0.05) is 17.5 Å². The van der Waals surface area contributed by atoms with Crippen LogP contribution in [-0.2, 0) is 6.61 Å². The predicted molar refractivity (Wildman–Crippen MR) is 76.2 cm³/mol. The number of ether oxygens (including phenoxy) is 1. The lowest BCUT2D eigenvalue weighted by molar-refractivity contribution is 0.109. The van der Waals surface area contributed by atoms with Crippen molar-refractivity contribution in [2.45, 2.75) is 45.4 Å². The summed E-state index contributed by atoms with van der Waals surface area (Å²) in [6.45, 7) is 6.80. The van der Waals surface area contributed by atoms with E-state index in [9.17, 15) is 10.2 Å². The van der Waals surface area contributed by atoms with Crippen LogP contribution in [0.2, 0.25) is 0 Å². The van der Waals surface area contributed by atoms with Crippen molar-refractivity contribution in [3.63, 3.8) is 0 Å². The second-order valence-corrected chi connectivity index (χ2v) is 5.15. The van der Waals surface area contributed by atoms with E-state index in [4.69, 9.17) is 4.74 Å². The number of hydrogen-bond acceptors (Lipinski definition) is 4. The van der Waals surface area contributed by atoms with Gasteiger partial charge < -0.3 is 20.3 Å². The fraction of sp³-hybridized carbons (Fsp3) is 0.600. The Labute approximate surface area is 115 Å². The Morgan fingerprint density at radius 1 is 1.32 bits per heavy atom. The Kier molecular flexibility index (Phi) is 6.28. The number of benzene rings is 1. The molecule has 0 aliphatic heterocycles. The topological polar surface area (TPSA) is 61.7 Å². The molecule has 0 fully saturated rings. The summed E-state index contributed by atoms with van der Waals surface area (Å²) < 4.78 is 5.87. The lowest BCUT2D eigenvalue weighted by Gasteiger charge is -2.31. The molecule has 19 heavy (non-hydrogen) atoms. The highest BCUT2D eigenvalue weighted by molar-refractivity contribution is 5.32. The van der Waals surface area contributed by atoms with Crippen LogP contribution in [0.1, 0.15) is 32.8 Å². The second kappa shape index (κ2) is 7.48. The van der Waals surface area contributed by atoms with Gasteiger partial charge in [-0.2, -0.15) is 0 Å². The molecule has 0 aromatic heterocycles. The summed E-state index contributed by atoms with van der Waals surface area (Å²) in [5.74, 6) is 0.703. The molecule has 0 saturated heterocycles. The third kappa shape index (κ3) is 4.82. The molecule has 0 heterocycles. The first-order chi connectivity index (χ1) is 9.04. The smallest absolute Gasteiger partial charge is 0.125 e. The molecule has 1 rings (SSSR count). The van der Waals surface area contributed by atoms with Crippen LogP contribution >= 0.6 is 0 Å². The highest BCUT2D eigenvalue weighted by Gasteiger charge is 2.25. The Balaban J connectivity index is 2.66. The van der Waals surface area contributed by atoms with E-state index in [1.165, 1.54) is 0 Å². The number of aliphatic hydroxyl groups is 2. The molecule has 0 aliphatic carbocycles. The molecule has 1 aromatic rings. The third-order valence-electron chi connectivity index (χ3n) is 3.16. The van der Waals surface area contributed by atoms with E-state index in [0.29, 0.717) is 12.2 Å². The molecule has 0 amide bonds. The van der Waals surface area contributed by atoms with Gasteiger partial charge in [-0.05, 0) is 26.5 Å². The maximum Gasteiger partial charge on any atom is 0.125 e. The van der Waals surface area contributed by atoms with Gasteiger partial charge in [-0.3, -0.25) is 0 Å². The minimum Gasteiger partial charge on any atom is -0.490 e. The molecule has 2 unspecified atom stereocenters. The van der Waals surface area contributed by atoms with Crippen LogP contribution < -0.4 is 10.1 Å². The summed E-state index contributed by atoms with van der Waals surface area (Å²) in [6.07, 6.45) is 0.640. The Bertz CT molecular complexity index is 383. The first kappa shape index (κ1) is 16.0. The van der Waals surface area contributed by atoms with Crippen LogP contribution in [0.5, 0.6) is 5.75 Å². The molecule has 0 spiro atoms. The van der Waals surface area contributed by atoms with Crippen LogP contribution in [0.3, 0.4) is 0 Å². The Morgan fingerprint density at radius 3 is 2.58 bits per heavy atom. The number of hydrogen-bond donors (Lipinski definition) is 3. The fourth-order valence-electron chi connectivity index (χ4n) is 2.26. The largest absolute Gasteiger partial charge is 0.490 e. The van der Waals surface area contributed by atoms with E-state index in [0.717, 1.165) is 12.1 Å². The van der Waals surface area contributed by atoms with Gasteiger partial charge >= 0.3 is 0 Å². The quantitative estimate of drug-likeness (QED) is 0.671. The highest BCUT2D eigenvalue weighted by atomic mass is 16.5. The van der Waals surface area contributed by atoms with E-state index in [1.54, 1.807) is 0 Å². The van der Waals surface area contributed by atoms with Crippen LogP contribution in [0.15, 0.2) is 24.3 Å². The summed E-state index contributed by atoms with van der Waals surface area (Å²) in [4.78, 5) is 0. The van der Waals surface area contributed by atoms with Gasteiger partial charge in [0.15, 0.2) is 0 Å². The molecular formula is C15H25NO3. The van der Waals surface area contributed by atoms with Crippen molar-refractivity contribution in [2.24, 2.45) is 0 Å². The molecule has 0 aliphatic rings. The summed E-state index contributed by atoms with van der Waals surface area (Å²) in [5, 5.41) is 22.0. The van der Waals surface area contributed by atoms with E-state index in [-0.39, 0.29) is 24.9 Å². The minimum atomic E-state index is -0.345. The zero-order chi connectivity index (χ0) is 14.3. The summed E-state index contributed by atoms with van der Waals surface area (Å²) in [5.41, 5.74) is 0.436.